The third-order valence-corrected chi connectivity index (χ3v) is 2.75. The zero-order valence-electron chi connectivity index (χ0n) is 9.37. The Kier molecular flexibility index (Phi) is 3.50. The van der Waals surface area contributed by atoms with Gasteiger partial charge in [-0.15, -0.1) is 0 Å². The fourth-order valence-electron chi connectivity index (χ4n) is 1.68. The maximum atomic E-state index is 6.04. The molecule has 17 heavy (non-hydrogen) atoms. The van der Waals surface area contributed by atoms with E-state index in [0.29, 0.717) is 10.7 Å². The van der Waals surface area contributed by atoms with Gasteiger partial charge < -0.3 is 4.74 Å². The lowest BCUT2D eigenvalue weighted by atomic mass is 10.1. The number of nitrogens with zero attached hydrogens (tertiary/aromatic N) is 2. The normalized spacial score (nSPS) is 10.4. The number of benzene rings is 1. The number of halogens is 2. The number of hydrogen-bond acceptors (Lipinski definition) is 3. The van der Waals surface area contributed by atoms with Crippen molar-refractivity contribution in [2.24, 2.45) is 0 Å². The van der Waals surface area contributed by atoms with Gasteiger partial charge in [0.25, 0.3) is 0 Å². The van der Waals surface area contributed by atoms with Crippen LogP contribution >= 0.6 is 23.2 Å². The Hall–Kier alpha value is -1.32. The molecular formula is C12H10Cl2N2O. The quantitative estimate of drug-likeness (QED) is 0.778. The minimum atomic E-state index is 0.196. The largest absolute Gasteiger partial charge is 0.496 e. The lowest BCUT2D eigenvalue weighted by molar-refractivity contribution is 0.413. The van der Waals surface area contributed by atoms with Crippen LogP contribution in [-0.4, -0.2) is 17.1 Å². The second-order valence-corrected chi connectivity index (χ2v) is 4.29. The Morgan fingerprint density at radius 3 is 2.65 bits per heavy atom. The van der Waals surface area contributed by atoms with Gasteiger partial charge >= 0.3 is 0 Å². The average molecular weight is 269 g/mol. The first-order valence-electron chi connectivity index (χ1n) is 4.95. The van der Waals surface area contributed by atoms with Gasteiger partial charge in [0.1, 0.15) is 5.75 Å². The third-order valence-electron chi connectivity index (χ3n) is 2.35. The second-order valence-electron chi connectivity index (χ2n) is 3.51. The molecule has 0 atom stereocenters. The molecule has 0 aliphatic carbocycles. The van der Waals surface area contributed by atoms with Gasteiger partial charge in [-0.05, 0) is 42.3 Å². The molecule has 1 heterocycles. The maximum Gasteiger partial charge on any atom is 0.222 e. The number of hydrogen-bond donors (Lipinski definition) is 0. The highest BCUT2D eigenvalue weighted by Crippen LogP contribution is 2.34. The molecule has 2 aromatic rings. The van der Waals surface area contributed by atoms with Crippen molar-refractivity contribution < 1.29 is 4.74 Å². The first kappa shape index (κ1) is 12.1. The van der Waals surface area contributed by atoms with E-state index in [0.717, 1.165) is 16.9 Å². The van der Waals surface area contributed by atoms with Gasteiger partial charge in [-0.2, -0.15) is 0 Å². The second kappa shape index (κ2) is 4.90. The smallest absolute Gasteiger partial charge is 0.222 e. The molecule has 1 aromatic carbocycles. The monoisotopic (exact) mass is 268 g/mol. The Balaban J connectivity index is 2.65. The standard InChI is InChI=1S/C12H10Cl2N2O/c1-7-5-8(13)6-9(11(7)17-2)10-3-4-15-12(14)16-10/h3-6H,1-2H3. The van der Waals surface area contributed by atoms with Crippen LogP contribution in [-0.2, 0) is 0 Å². The van der Waals surface area contributed by atoms with Gasteiger partial charge in [0.2, 0.25) is 5.28 Å². The molecule has 0 N–H and O–H groups in total. The van der Waals surface area contributed by atoms with Gasteiger partial charge in [-0.1, -0.05) is 11.6 Å². The predicted molar refractivity (Wildman–Crippen MR) is 68.8 cm³/mol. The fraction of sp³-hybridized carbons (Fsp3) is 0.167. The van der Waals surface area contributed by atoms with Crippen molar-refractivity contribution in [3.63, 3.8) is 0 Å². The van der Waals surface area contributed by atoms with Gasteiger partial charge in [-0.3, -0.25) is 0 Å². The first-order valence-corrected chi connectivity index (χ1v) is 5.70. The molecule has 88 valence electrons. The molecule has 0 spiro atoms. The van der Waals surface area contributed by atoms with Crippen molar-refractivity contribution in [2.75, 3.05) is 7.11 Å². The summed E-state index contributed by atoms with van der Waals surface area (Å²) in [5, 5.41) is 0.829. The van der Waals surface area contributed by atoms with E-state index in [1.165, 1.54) is 0 Å². The molecule has 5 heteroatoms. The molecule has 2 rings (SSSR count). The number of rotatable bonds is 2. The molecule has 0 aliphatic heterocycles. The van der Waals surface area contributed by atoms with E-state index < -0.39 is 0 Å². The van der Waals surface area contributed by atoms with Crippen molar-refractivity contribution in [3.05, 3.63) is 40.3 Å². The molecule has 0 aliphatic rings. The van der Waals surface area contributed by atoms with Crippen LogP contribution in [0, 0.1) is 6.92 Å². The molecule has 0 saturated carbocycles. The summed E-state index contributed by atoms with van der Waals surface area (Å²) in [4.78, 5) is 8.00. The zero-order valence-corrected chi connectivity index (χ0v) is 10.9. The van der Waals surface area contributed by atoms with Crippen LogP contribution in [0.1, 0.15) is 5.56 Å². The summed E-state index contributed by atoms with van der Waals surface area (Å²) < 4.78 is 5.36. The van der Waals surface area contributed by atoms with Crippen LogP contribution in [0.2, 0.25) is 10.3 Å². The van der Waals surface area contributed by atoms with Gasteiger partial charge in [0.05, 0.1) is 12.8 Å². The number of ether oxygens (including phenoxy) is 1. The summed E-state index contributed by atoms with van der Waals surface area (Å²) in [5.74, 6) is 0.740. The minimum absolute atomic E-state index is 0.196. The Morgan fingerprint density at radius 2 is 2.00 bits per heavy atom. The van der Waals surface area contributed by atoms with Gasteiger partial charge in [0, 0.05) is 16.8 Å². The Bertz CT molecular complexity index is 558. The molecule has 0 unspecified atom stereocenters. The molecule has 0 radical (unpaired) electrons. The fourth-order valence-corrected chi connectivity index (χ4v) is 2.10. The van der Waals surface area contributed by atoms with E-state index >= 15 is 0 Å². The summed E-state index contributed by atoms with van der Waals surface area (Å²) in [6.07, 6.45) is 1.60. The molecule has 0 fully saturated rings. The molecule has 1 aromatic heterocycles. The summed E-state index contributed by atoms with van der Waals surface area (Å²) >= 11 is 11.8. The average Bonchev–Trinajstić information content (AvgIpc) is 2.28. The van der Waals surface area contributed by atoms with E-state index in [9.17, 15) is 0 Å². The summed E-state index contributed by atoms with van der Waals surface area (Å²) in [6, 6.07) is 5.40. The van der Waals surface area contributed by atoms with Crippen LogP contribution in [0.15, 0.2) is 24.4 Å². The Labute approximate surface area is 109 Å². The highest BCUT2D eigenvalue weighted by Gasteiger charge is 2.11. The van der Waals surface area contributed by atoms with Gasteiger partial charge in [0.15, 0.2) is 0 Å². The third kappa shape index (κ3) is 2.51. The van der Waals surface area contributed by atoms with E-state index in [-0.39, 0.29) is 5.28 Å². The number of aromatic nitrogens is 2. The van der Waals surface area contributed by atoms with Crippen LogP contribution in [0.25, 0.3) is 11.3 Å². The molecule has 0 amide bonds. The van der Waals surface area contributed by atoms with Crippen molar-refractivity contribution in [2.45, 2.75) is 6.92 Å². The van der Waals surface area contributed by atoms with Crippen molar-refractivity contribution >= 4 is 23.2 Å². The lowest BCUT2D eigenvalue weighted by Gasteiger charge is -2.11. The number of aryl methyl sites for hydroxylation is 1. The Morgan fingerprint density at radius 1 is 1.24 bits per heavy atom. The summed E-state index contributed by atoms with van der Waals surface area (Å²) in [6.45, 7) is 1.93. The maximum absolute atomic E-state index is 6.04. The SMILES string of the molecule is COc1c(C)cc(Cl)cc1-c1ccnc(Cl)n1. The molecular weight excluding hydrogens is 259 g/mol. The van der Waals surface area contributed by atoms with Crippen LogP contribution < -0.4 is 4.74 Å². The van der Waals surface area contributed by atoms with Crippen LogP contribution in [0.4, 0.5) is 0 Å². The summed E-state index contributed by atoms with van der Waals surface area (Å²) in [7, 11) is 1.61. The number of methoxy groups -OCH3 is 1. The first-order chi connectivity index (χ1) is 8.11. The van der Waals surface area contributed by atoms with Gasteiger partial charge in [-0.25, -0.2) is 9.97 Å². The molecule has 0 saturated heterocycles. The van der Waals surface area contributed by atoms with Crippen LogP contribution in [0.3, 0.4) is 0 Å². The highest BCUT2D eigenvalue weighted by molar-refractivity contribution is 6.31. The van der Waals surface area contributed by atoms with E-state index in [1.807, 2.05) is 13.0 Å². The van der Waals surface area contributed by atoms with Crippen molar-refractivity contribution in [1.29, 1.82) is 0 Å². The molecule has 3 nitrogen and oxygen atoms in total. The van der Waals surface area contributed by atoms with Crippen molar-refractivity contribution in [1.82, 2.24) is 9.97 Å². The predicted octanol–water partition coefficient (Wildman–Crippen LogP) is 3.77. The van der Waals surface area contributed by atoms with Crippen molar-refractivity contribution in [3.8, 4) is 17.0 Å². The minimum Gasteiger partial charge on any atom is -0.496 e. The van der Waals surface area contributed by atoms with E-state index in [4.69, 9.17) is 27.9 Å². The summed E-state index contributed by atoms with van der Waals surface area (Å²) in [5.41, 5.74) is 2.44. The van der Waals surface area contributed by atoms with Crippen LogP contribution in [0.5, 0.6) is 5.75 Å². The lowest BCUT2D eigenvalue weighted by Crippen LogP contribution is -1.94. The van der Waals surface area contributed by atoms with E-state index in [1.54, 1.807) is 25.4 Å². The zero-order chi connectivity index (χ0) is 12.4. The topological polar surface area (TPSA) is 35.0 Å². The molecule has 0 bridgehead atoms. The van der Waals surface area contributed by atoms with E-state index in [2.05, 4.69) is 9.97 Å². The highest BCUT2D eigenvalue weighted by atomic mass is 35.5.